The van der Waals surface area contributed by atoms with Crippen LogP contribution < -0.4 is 51.4 Å². The van der Waals surface area contributed by atoms with Crippen molar-refractivity contribution in [3.63, 3.8) is 0 Å². The van der Waals surface area contributed by atoms with Crippen molar-refractivity contribution in [2.45, 2.75) is 0 Å². The van der Waals surface area contributed by atoms with E-state index in [2.05, 4.69) is 0 Å². The van der Waals surface area contributed by atoms with Crippen molar-refractivity contribution in [2.24, 2.45) is 0 Å². The molecule has 0 fully saturated rings. The predicted octanol–water partition coefficient (Wildman–Crippen LogP) is -14.3. The Bertz CT molecular complexity index is 217. The topological polar surface area (TPSA) is 476 Å². The number of rotatable bonds is 0. The normalized spacial score (nSPS) is 5.27. The van der Waals surface area contributed by atoms with Gasteiger partial charge in [0.25, 0.3) is 0 Å². The Hall–Kier alpha value is 1.51. The van der Waals surface area contributed by atoms with E-state index in [1.807, 2.05) is 0 Å². The molecule has 18 nitrogen and oxygen atoms in total. The minimum absolute atomic E-state index is 0. The summed E-state index contributed by atoms with van der Waals surface area (Å²) in [6.07, 6.45) is 0. The zero-order valence-corrected chi connectivity index (χ0v) is 16.6. The van der Waals surface area contributed by atoms with E-state index in [9.17, 15) is 0 Å². The quantitative estimate of drug-likeness (QED) is 0.198. The van der Waals surface area contributed by atoms with Gasteiger partial charge in [-0.1, -0.05) is 0 Å². The molecule has 0 radical (unpaired) electrons. The van der Waals surface area contributed by atoms with Crippen LogP contribution in [-0.2, 0) is 20.8 Å². The molecule has 22 heteroatoms. The van der Waals surface area contributed by atoms with Crippen LogP contribution in [0.15, 0.2) is 0 Å². The first-order chi connectivity index (χ1) is 4.00. The van der Waals surface area contributed by atoms with Crippen LogP contribution in [0.1, 0.15) is 0 Å². The summed E-state index contributed by atoms with van der Waals surface area (Å²) in [7, 11) is -10.3. The Balaban J connectivity index is -0.00000000314. The van der Waals surface area contributed by atoms with Crippen molar-refractivity contribution < 1.29 is 141 Å². The fraction of sp³-hybridized carbons (Fsp3) is 0. The Morgan fingerprint density at radius 1 is 0.409 bits per heavy atom. The maximum atomic E-state index is 8.52. The van der Waals surface area contributed by atoms with E-state index in [0.717, 1.165) is 0 Å². The molecule has 0 aromatic heterocycles. The summed E-state index contributed by atoms with van der Waals surface area (Å²) in [5, 5.41) is 0. The van der Waals surface area contributed by atoms with Crippen LogP contribution in [0.3, 0.4) is 0 Å². The number of hydrogen-bond acceptors (Lipinski definition) is 8. The molecular formula is H20AlKO18S2. The monoisotopic (exact) mass is 438 g/mol. The van der Waals surface area contributed by atoms with E-state index in [4.69, 9.17) is 35.0 Å². The third-order valence-corrected chi connectivity index (χ3v) is 0. The minimum Gasteiger partial charge on any atom is -0.759 e. The smallest absolute Gasteiger partial charge is 0.759 e. The fourth-order valence-corrected chi connectivity index (χ4v) is 0. The summed E-state index contributed by atoms with van der Waals surface area (Å²) in [4.78, 5) is 0. The molecule has 0 aromatic rings. The third kappa shape index (κ3) is 3970. The van der Waals surface area contributed by atoms with Crippen LogP contribution in [0.25, 0.3) is 0 Å². The van der Waals surface area contributed by atoms with Crippen molar-refractivity contribution in [1.82, 2.24) is 0 Å². The predicted molar refractivity (Wildman–Crippen MR) is 62.8 cm³/mol. The first-order valence-electron chi connectivity index (χ1n) is 1.33. The second-order valence-electron chi connectivity index (χ2n) is 0.816. The van der Waals surface area contributed by atoms with Crippen LogP contribution in [0, 0.1) is 0 Å². The van der Waals surface area contributed by atoms with Gasteiger partial charge < -0.3 is 73.0 Å². The molecule has 0 aliphatic rings. The summed E-state index contributed by atoms with van der Waals surface area (Å²) in [6, 6.07) is 0. The van der Waals surface area contributed by atoms with Gasteiger partial charge in [0.1, 0.15) is 0 Å². The molecule has 0 saturated heterocycles. The Morgan fingerprint density at radius 3 is 0.409 bits per heavy atom. The van der Waals surface area contributed by atoms with E-state index in [-0.39, 0.29) is 124 Å². The molecular weight excluding hydrogens is 418 g/mol. The van der Waals surface area contributed by atoms with Crippen molar-refractivity contribution >= 4 is 38.2 Å². The third-order valence-electron chi connectivity index (χ3n) is 0. The van der Waals surface area contributed by atoms with E-state index in [1.54, 1.807) is 0 Å². The number of hydrogen-bond donors (Lipinski definition) is 0. The van der Waals surface area contributed by atoms with Gasteiger partial charge in [-0.2, -0.15) is 0 Å². The minimum atomic E-state index is -5.17. The van der Waals surface area contributed by atoms with Crippen molar-refractivity contribution in [3.05, 3.63) is 0 Å². The van der Waals surface area contributed by atoms with Crippen molar-refractivity contribution in [3.8, 4) is 0 Å². The first-order valence-corrected chi connectivity index (χ1v) is 4.00. The van der Waals surface area contributed by atoms with Crippen LogP contribution in [0.2, 0.25) is 0 Å². The van der Waals surface area contributed by atoms with Crippen LogP contribution in [-0.4, -0.2) is 107 Å². The first kappa shape index (κ1) is 132. The summed E-state index contributed by atoms with van der Waals surface area (Å²) >= 11 is 0. The van der Waals surface area contributed by atoms with Crippen molar-refractivity contribution in [1.29, 1.82) is 0 Å². The Kier molecular flexibility index (Phi) is 342. The maximum Gasteiger partial charge on any atom is 3.00 e. The molecule has 0 rings (SSSR count). The van der Waals surface area contributed by atoms with E-state index < -0.39 is 20.8 Å². The second-order valence-corrected chi connectivity index (χ2v) is 2.45. The van der Waals surface area contributed by atoms with E-state index in [1.165, 1.54) is 0 Å². The molecule has 0 atom stereocenters. The fourth-order valence-electron chi connectivity index (χ4n) is 0. The van der Waals surface area contributed by atoms with Gasteiger partial charge in [0, 0.05) is 20.8 Å². The Morgan fingerprint density at radius 2 is 0.409 bits per heavy atom. The molecule has 0 aliphatic carbocycles. The zero-order valence-electron chi connectivity index (χ0n) is 10.7. The van der Waals surface area contributed by atoms with Gasteiger partial charge in [0.05, 0.1) is 0 Å². The average molecular weight is 438 g/mol. The molecule has 22 heavy (non-hydrogen) atoms. The van der Waals surface area contributed by atoms with E-state index >= 15 is 0 Å². The SMILES string of the molecule is O.O.O.O.O.O.O.O.O.O.O=S(=O)([O-])[O-].O=S(=O)([O-])[O-].[Al+3].[K+]. The summed E-state index contributed by atoms with van der Waals surface area (Å²) in [5.41, 5.74) is 0. The summed E-state index contributed by atoms with van der Waals surface area (Å²) in [6.45, 7) is 0. The molecule has 0 heterocycles. The molecule has 0 bridgehead atoms. The van der Waals surface area contributed by atoms with Crippen LogP contribution in [0.5, 0.6) is 0 Å². The summed E-state index contributed by atoms with van der Waals surface area (Å²) in [5.74, 6) is 0. The Labute approximate surface area is 177 Å². The van der Waals surface area contributed by atoms with Gasteiger partial charge >= 0.3 is 68.7 Å². The van der Waals surface area contributed by atoms with Gasteiger partial charge in [0.2, 0.25) is 0 Å². The van der Waals surface area contributed by atoms with Crippen LogP contribution >= 0.6 is 0 Å². The van der Waals surface area contributed by atoms with Gasteiger partial charge in [-0.25, -0.2) is 0 Å². The van der Waals surface area contributed by atoms with Crippen LogP contribution in [0.4, 0.5) is 0 Å². The average Bonchev–Trinajstić information content (AvgIpc) is 1.12. The molecule has 144 valence electrons. The zero-order chi connectivity index (χ0) is 9.00. The molecule has 20 N–H and O–H groups in total. The molecule has 0 saturated carbocycles. The molecule has 0 aromatic carbocycles. The maximum absolute atomic E-state index is 8.52. The largest absolute Gasteiger partial charge is 3.00 e. The van der Waals surface area contributed by atoms with E-state index in [0.29, 0.717) is 0 Å². The molecule has 0 aliphatic heterocycles. The molecule has 0 unspecified atom stereocenters. The van der Waals surface area contributed by atoms with Gasteiger partial charge in [-0.3, -0.25) is 16.8 Å². The van der Waals surface area contributed by atoms with Gasteiger partial charge in [-0.05, 0) is 0 Å². The van der Waals surface area contributed by atoms with Gasteiger partial charge in [-0.15, -0.1) is 0 Å². The molecule has 0 amide bonds. The summed E-state index contributed by atoms with van der Waals surface area (Å²) < 4.78 is 68.2. The van der Waals surface area contributed by atoms with Crippen molar-refractivity contribution in [2.75, 3.05) is 0 Å². The van der Waals surface area contributed by atoms with Gasteiger partial charge in [0.15, 0.2) is 0 Å². The standard InChI is InChI=1S/Al.K.2H2O4S.10H2O/c;;2*1-5(2,3)4;;;;;;;;;;/h;;2*(H2,1,2,3,4);10*1H2/q+3;+1;;;;;;;;;;;;/p-4. The molecule has 0 spiro atoms. The second kappa shape index (κ2) is 57.1.